The molecule has 1 aliphatic carbocycles. The monoisotopic (exact) mass is 705 g/mol. The van der Waals surface area contributed by atoms with Crippen molar-refractivity contribution in [1.82, 2.24) is 20.9 Å². The minimum atomic E-state index is -4.69. The van der Waals surface area contributed by atoms with Gasteiger partial charge in [0.1, 0.15) is 12.1 Å². The van der Waals surface area contributed by atoms with Crippen molar-refractivity contribution in [1.29, 1.82) is 0 Å². The maximum Gasteiger partial charge on any atom is 0.389 e. The lowest BCUT2D eigenvalue weighted by Gasteiger charge is -2.43. The molecule has 48 heavy (non-hydrogen) atoms. The van der Waals surface area contributed by atoms with Gasteiger partial charge in [-0.1, -0.05) is 66.0 Å². The predicted molar refractivity (Wildman–Crippen MR) is 172 cm³/mol. The van der Waals surface area contributed by atoms with Crippen LogP contribution in [-0.4, -0.2) is 90.2 Å². The zero-order valence-corrected chi connectivity index (χ0v) is 29.2. The Balaban J connectivity index is 1.92. The molecular formula is C32H50F3N5O7S. The van der Waals surface area contributed by atoms with E-state index in [-0.39, 0.29) is 18.2 Å². The number of nitrogens with one attached hydrogen (secondary N) is 3. The normalized spacial score (nSPS) is 25.3. The standard InChI is InChI=1S/C32H50F3N5O7S/c1-18(2)22-19(3)17-40(23(22)27(43)37-20(24(41)26(36)42)12-15-32(33,34)35)28(44)25(30(4,5)6)38-29(45)39-31(13-8-7-9-14-31)21-11-10-16-48(21,46)47/h18,20-23,25H,3,7-17H2,1-2,4-6H3,(H2,36,42)(H,37,43)(H2,38,39,45). The average Bonchev–Trinajstić information content (AvgIpc) is 3.51. The summed E-state index contributed by atoms with van der Waals surface area (Å²) in [6.45, 7) is 12.6. The first kappa shape index (κ1) is 39.3. The molecule has 16 heteroatoms. The summed E-state index contributed by atoms with van der Waals surface area (Å²) in [7, 11) is -3.44. The Bertz CT molecular complexity index is 1390. The van der Waals surface area contributed by atoms with Gasteiger partial charge in [0.15, 0.2) is 9.84 Å². The Kier molecular flexibility index (Phi) is 12.1. The molecule has 0 radical (unpaired) electrons. The SMILES string of the molecule is C=C1CN(C(=O)C(NC(=O)NC2(C3CCCS3(=O)=O)CCCCC2)C(C)(C)C)C(C(=O)NC(CCC(F)(F)F)C(=O)C(N)=O)C1C(C)C. The van der Waals surface area contributed by atoms with Crippen molar-refractivity contribution >= 4 is 39.4 Å². The molecule has 5 unspecified atom stereocenters. The number of alkyl halides is 3. The maximum absolute atomic E-state index is 14.3. The number of Topliss-reactive ketones (excluding diaryl/α,β-unsaturated/α-hetero) is 1. The van der Waals surface area contributed by atoms with Crippen LogP contribution >= 0.6 is 0 Å². The molecule has 2 aliphatic heterocycles. The predicted octanol–water partition coefficient (Wildman–Crippen LogP) is 2.90. The van der Waals surface area contributed by atoms with Crippen LogP contribution in [0.4, 0.5) is 18.0 Å². The van der Waals surface area contributed by atoms with Crippen molar-refractivity contribution in [3.05, 3.63) is 12.2 Å². The van der Waals surface area contributed by atoms with E-state index in [0.717, 1.165) is 19.3 Å². The van der Waals surface area contributed by atoms with Crippen LogP contribution in [0.15, 0.2) is 12.2 Å². The van der Waals surface area contributed by atoms with Crippen LogP contribution in [0.25, 0.3) is 0 Å². The first-order valence-electron chi connectivity index (χ1n) is 16.5. The third-order valence-electron chi connectivity index (χ3n) is 9.82. The molecule has 0 aromatic carbocycles. The molecule has 12 nitrogen and oxygen atoms in total. The Morgan fingerprint density at radius 2 is 1.62 bits per heavy atom. The summed E-state index contributed by atoms with van der Waals surface area (Å²) in [5.74, 6) is -5.48. The number of halogens is 3. The van der Waals surface area contributed by atoms with Gasteiger partial charge in [-0.3, -0.25) is 19.2 Å². The molecule has 0 aromatic rings. The van der Waals surface area contributed by atoms with Gasteiger partial charge in [-0.05, 0) is 43.4 Å². The zero-order chi connectivity index (χ0) is 36.4. The van der Waals surface area contributed by atoms with Crippen molar-refractivity contribution < 1.29 is 45.6 Å². The lowest BCUT2D eigenvalue weighted by molar-refractivity contribution is -0.147. The molecule has 2 saturated heterocycles. The number of hydrogen-bond donors (Lipinski definition) is 4. The van der Waals surface area contributed by atoms with Gasteiger partial charge in [0, 0.05) is 18.9 Å². The van der Waals surface area contributed by atoms with Gasteiger partial charge in [-0.15, -0.1) is 0 Å². The highest BCUT2D eigenvalue weighted by atomic mass is 32.2. The van der Waals surface area contributed by atoms with E-state index in [9.17, 15) is 45.6 Å². The molecule has 5 atom stereocenters. The molecule has 3 aliphatic rings. The van der Waals surface area contributed by atoms with Crippen LogP contribution in [0.1, 0.15) is 92.4 Å². The van der Waals surface area contributed by atoms with Crippen LogP contribution in [-0.2, 0) is 29.0 Å². The number of nitrogens with two attached hydrogens (primary N) is 1. The average molecular weight is 706 g/mol. The number of amides is 5. The van der Waals surface area contributed by atoms with Gasteiger partial charge in [-0.2, -0.15) is 13.2 Å². The number of nitrogens with zero attached hydrogens (tertiary/aromatic N) is 1. The lowest BCUT2D eigenvalue weighted by atomic mass is 9.78. The molecule has 1 saturated carbocycles. The molecule has 5 amide bonds. The minimum Gasteiger partial charge on any atom is -0.363 e. The molecule has 0 spiro atoms. The molecule has 2 heterocycles. The van der Waals surface area contributed by atoms with Crippen molar-refractivity contribution in [3.8, 4) is 0 Å². The number of ketones is 1. The van der Waals surface area contributed by atoms with Crippen molar-refractivity contribution in [3.63, 3.8) is 0 Å². The molecular weight excluding hydrogens is 655 g/mol. The second-order valence-corrected chi connectivity index (χ2v) is 17.2. The van der Waals surface area contributed by atoms with E-state index in [1.54, 1.807) is 34.6 Å². The maximum atomic E-state index is 14.3. The number of sulfone groups is 1. The quantitative estimate of drug-likeness (QED) is 0.188. The fourth-order valence-corrected chi connectivity index (χ4v) is 9.89. The van der Waals surface area contributed by atoms with Crippen molar-refractivity contribution in [2.75, 3.05) is 12.3 Å². The van der Waals surface area contributed by atoms with Gasteiger partial charge in [-0.25, -0.2) is 13.2 Å². The molecule has 0 bridgehead atoms. The Labute approximate surface area is 280 Å². The van der Waals surface area contributed by atoms with E-state index in [1.165, 1.54) is 4.90 Å². The van der Waals surface area contributed by atoms with Gasteiger partial charge in [0.25, 0.3) is 5.91 Å². The van der Waals surface area contributed by atoms with E-state index >= 15 is 0 Å². The molecule has 3 fully saturated rings. The van der Waals surface area contributed by atoms with E-state index in [0.29, 0.717) is 31.3 Å². The number of urea groups is 1. The third kappa shape index (κ3) is 9.08. The first-order valence-corrected chi connectivity index (χ1v) is 18.2. The fraction of sp³-hybridized carbons (Fsp3) is 0.781. The van der Waals surface area contributed by atoms with Gasteiger partial charge in [0.05, 0.1) is 22.6 Å². The smallest absolute Gasteiger partial charge is 0.363 e. The summed E-state index contributed by atoms with van der Waals surface area (Å²) in [5.41, 5.74) is 3.63. The summed E-state index contributed by atoms with van der Waals surface area (Å²) in [5, 5.41) is 7.20. The zero-order valence-electron chi connectivity index (χ0n) is 28.4. The highest BCUT2D eigenvalue weighted by molar-refractivity contribution is 7.92. The largest absolute Gasteiger partial charge is 0.389 e. The Hall–Kier alpha value is -3.17. The lowest BCUT2D eigenvalue weighted by Crippen LogP contribution is -2.65. The summed E-state index contributed by atoms with van der Waals surface area (Å²) >= 11 is 0. The number of carbonyl (C=O) groups excluding carboxylic acids is 5. The summed E-state index contributed by atoms with van der Waals surface area (Å²) in [4.78, 5) is 67.1. The van der Waals surface area contributed by atoms with E-state index in [1.807, 2.05) is 0 Å². The van der Waals surface area contributed by atoms with Crippen LogP contribution < -0.4 is 21.7 Å². The van der Waals surface area contributed by atoms with E-state index < -0.39 is 98.6 Å². The van der Waals surface area contributed by atoms with Crippen LogP contribution in [0.5, 0.6) is 0 Å². The van der Waals surface area contributed by atoms with Gasteiger partial charge < -0.3 is 26.6 Å². The number of hydrogen-bond acceptors (Lipinski definition) is 7. The highest BCUT2D eigenvalue weighted by Gasteiger charge is 2.52. The second-order valence-electron chi connectivity index (χ2n) is 14.9. The molecule has 0 aromatic heterocycles. The third-order valence-corrected chi connectivity index (χ3v) is 12.2. The summed E-state index contributed by atoms with van der Waals surface area (Å²) < 4.78 is 65.1. The number of rotatable bonds is 11. The highest BCUT2D eigenvalue weighted by Crippen LogP contribution is 2.40. The number of likely N-dealkylation sites (tertiary alicyclic amines) is 1. The van der Waals surface area contributed by atoms with Crippen molar-refractivity contribution in [2.24, 2.45) is 23.0 Å². The van der Waals surface area contributed by atoms with Crippen LogP contribution in [0, 0.1) is 17.3 Å². The van der Waals surface area contributed by atoms with Crippen molar-refractivity contribution in [2.45, 2.75) is 127 Å². The number of primary amides is 1. The topological polar surface area (TPSA) is 185 Å². The van der Waals surface area contributed by atoms with E-state index in [2.05, 4.69) is 22.5 Å². The molecule has 3 rings (SSSR count). The van der Waals surface area contributed by atoms with Crippen LogP contribution in [0.2, 0.25) is 0 Å². The van der Waals surface area contributed by atoms with Gasteiger partial charge >= 0.3 is 12.2 Å². The molecule has 5 N–H and O–H groups in total. The minimum absolute atomic E-state index is 0.0488. The summed E-state index contributed by atoms with van der Waals surface area (Å²) in [6, 6.07) is -5.18. The second kappa shape index (κ2) is 14.8. The van der Waals surface area contributed by atoms with Gasteiger partial charge in [0.2, 0.25) is 17.6 Å². The number of carbonyl (C=O) groups is 5. The first-order chi connectivity index (χ1) is 22.0. The fourth-order valence-electron chi connectivity index (χ4n) is 7.53. The Morgan fingerprint density at radius 3 is 2.10 bits per heavy atom. The van der Waals surface area contributed by atoms with E-state index in [4.69, 9.17) is 5.73 Å². The Morgan fingerprint density at radius 1 is 1.02 bits per heavy atom. The molecule has 272 valence electrons. The van der Waals surface area contributed by atoms with Crippen LogP contribution in [0.3, 0.4) is 0 Å². The summed E-state index contributed by atoms with van der Waals surface area (Å²) in [6.07, 6.45) is -2.84.